The van der Waals surface area contributed by atoms with Gasteiger partial charge in [0.2, 0.25) is 5.91 Å². The normalized spacial score (nSPS) is 16.4. The van der Waals surface area contributed by atoms with Gasteiger partial charge in [0.15, 0.2) is 0 Å². The second-order valence-corrected chi connectivity index (χ2v) is 5.67. The number of rotatable bonds is 6. The van der Waals surface area contributed by atoms with E-state index < -0.39 is 0 Å². The second kappa shape index (κ2) is 6.75. The Morgan fingerprint density at radius 3 is 2.55 bits per heavy atom. The molecule has 1 heterocycles. The molecule has 4 nitrogen and oxygen atoms in total. The number of ether oxygens (including phenoxy) is 1. The maximum absolute atomic E-state index is 11.9. The van der Waals surface area contributed by atoms with Gasteiger partial charge >= 0.3 is 0 Å². The van der Waals surface area contributed by atoms with Gasteiger partial charge in [0.25, 0.3) is 0 Å². The zero-order chi connectivity index (χ0) is 14.5. The molecule has 0 aromatic heterocycles. The largest absolute Gasteiger partial charge is 0.492 e. The maximum atomic E-state index is 11.9. The molecule has 20 heavy (non-hydrogen) atoms. The number of aryl methyl sites for hydroxylation is 2. The Labute approximate surface area is 120 Å². The molecule has 1 aliphatic heterocycles. The first-order valence-corrected chi connectivity index (χ1v) is 7.26. The zero-order valence-corrected chi connectivity index (χ0v) is 12.5. The van der Waals surface area contributed by atoms with Gasteiger partial charge < -0.3 is 15.4 Å². The van der Waals surface area contributed by atoms with Crippen molar-refractivity contribution in [2.75, 3.05) is 26.2 Å². The van der Waals surface area contributed by atoms with Gasteiger partial charge in [-0.15, -0.1) is 0 Å². The van der Waals surface area contributed by atoms with E-state index in [2.05, 4.69) is 30.5 Å². The van der Waals surface area contributed by atoms with E-state index in [-0.39, 0.29) is 11.8 Å². The molecule has 1 fully saturated rings. The number of amides is 1. The molecule has 1 amide bonds. The molecule has 0 spiro atoms. The molecule has 0 saturated carbocycles. The highest BCUT2D eigenvalue weighted by molar-refractivity contribution is 5.78. The van der Waals surface area contributed by atoms with Crippen LogP contribution in [0.3, 0.4) is 0 Å². The molecule has 1 aliphatic rings. The van der Waals surface area contributed by atoms with Crippen molar-refractivity contribution in [3.05, 3.63) is 29.3 Å². The van der Waals surface area contributed by atoms with Crippen molar-refractivity contribution in [2.45, 2.75) is 20.8 Å². The van der Waals surface area contributed by atoms with Crippen LogP contribution in [0.15, 0.2) is 18.2 Å². The molecule has 2 rings (SSSR count). The van der Waals surface area contributed by atoms with Crippen molar-refractivity contribution in [1.82, 2.24) is 10.6 Å². The molecule has 2 N–H and O–H groups in total. The summed E-state index contributed by atoms with van der Waals surface area (Å²) in [5.74, 6) is 1.56. The van der Waals surface area contributed by atoms with E-state index in [1.165, 1.54) is 11.1 Å². The molecule has 1 aromatic carbocycles. The first-order chi connectivity index (χ1) is 9.56. The van der Waals surface area contributed by atoms with Gasteiger partial charge in [-0.1, -0.05) is 13.0 Å². The third kappa shape index (κ3) is 3.97. The molecule has 1 unspecified atom stereocenters. The number of hydrogen-bond donors (Lipinski definition) is 2. The van der Waals surface area contributed by atoms with Crippen LogP contribution in [0, 0.1) is 25.7 Å². The Hall–Kier alpha value is -1.55. The summed E-state index contributed by atoms with van der Waals surface area (Å²) in [6.07, 6.45) is 0. The predicted octanol–water partition coefficient (Wildman–Crippen LogP) is 1.65. The van der Waals surface area contributed by atoms with Crippen molar-refractivity contribution in [3.8, 4) is 5.75 Å². The third-order valence-corrected chi connectivity index (χ3v) is 3.80. The van der Waals surface area contributed by atoms with Gasteiger partial charge in [0.1, 0.15) is 12.4 Å². The Bertz CT molecular complexity index is 449. The minimum absolute atomic E-state index is 0.0810. The topological polar surface area (TPSA) is 50.4 Å². The Morgan fingerprint density at radius 2 is 2.00 bits per heavy atom. The number of nitrogens with one attached hydrogen (secondary N) is 2. The lowest BCUT2D eigenvalue weighted by molar-refractivity contribution is -0.126. The van der Waals surface area contributed by atoms with Gasteiger partial charge in [-0.3, -0.25) is 4.79 Å². The molecule has 1 saturated heterocycles. The molecule has 4 heteroatoms. The van der Waals surface area contributed by atoms with E-state index in [0.29, 0.717) is 19.1 Å². The van der Waals surface area contributed by atoms with Crippen LogP contribution < -0.4 is 15.4 Å². The third-order valence-electron chi connectivity index (χ3n) is 3.80. The van der Waals surface area contributed by atoms with Crippen molar-refractivity contribution in [3.63, 3.8) is 0 Å². The van der Waals surface area contributed by atoms with Crippen LogP contribution in [0.5, 0.6) is 5.75 Å². The monoisotopic (exact) mass is 276 g/mol. The number of carbonyl (C=O) groups is 1. The van der Waals surface area contributed by atoms with Gasteiger partial charge in [0, 0.05) is 5.92 Å². The van der Waals surface area contributed by atoms with Gasteiger partial charge in [-0.05, 0) is 56.1 Å². The predicted molar refractivity (Wildman–Crippen MR) is 79.9 cm³/mol. The van der Waals surface area contributed by atoms with Crippen molar-refractivity contribution < 1.29 is 9.53 Å². The van der Waals surface area contributed by atoms with Crippen LogP contribution in [-0.2, 0) is 4.79 Å². The number of hydrogen-bond acceptors (Lipinski definition) is 3. The lowest BCUT2D eigenvalue weighted by atomic mass is 9.88. The van der Waals surface area contributed by atoms with Gasteiger partial charge in [-0.25, -0.2) is 0 Å². The minimum atomic E-state index is 0.0810. The van der Waals surface area contributed by atoms with Gasteiger partial charge in [-0.2, -0.15) is 0 Å². The Morgan fingerprint density at radius 1 is 1.35 bits per heavy atom. The summed E-state index contributed by atoms with van der Waals surface area (Å²) in [7, 11) is 0. The summed E-state index contributed by atoms with van der Waals surface area (Å²) >= 11 is 0. The number of carbonyl (C=O) groups excluding carboxylic acids is 1. The summed E-state index contributed by atoms with van der Waals surface area (Å²) in [4.78, 5) is 11.9. The molecule has 110 valence electrons. The molecule has 1 aromatic rings. The Kier molecular flexibility index (Phi) is 5.01. The van der Waals surface area contributed by atoms with Crippen molar-refractivity contribution in [2.24, 2.45) is 11.8 Å². The highest BCUT2D eigenvalue weighted by Gasteiger charge is 2.28. The second-order valence-electron chi connectivity index (χ2n) is 5.67. The van der Waals surface area contributed by atoms with E-state index >= 15 is 0 Å². The maximum Gasteiger partial charge on any atom is 0.223 e. The fourth-order valence-electron chi connectivity index (χ4n) is 2.40. The summed E-state index contributed by atoms with van der Waals surface area (Å²) in [6.45, 7) is 9.06. The minimum Gasteiger partial charge on any atom is -0.492 e. The van der Waals surface area contributed by atoms with Crippen LogP contribution in [0.2, 0.25) is 0 Å². The van der Waals surface area contributed by atoms with E-state index in [1.807, 2.05) is 19.1 Å². The summed E-state index contributed by atoms with van der Waals surface area (Å²) in [5.41, 5.74) is 2.38. The molecule has 1 atom stereocenters. The molecular formula is C16H24N2O2. The summed E-state index contributed by atoms with van der Waals surface area (Å²) in [6, 6.07) is 6.14. The van der Waals surface area contributed by atoms with E-state index in [1.54, 1.807) is 0 Å². The molecule has 0 aliphatic carbocycles. The van der Waals surface area contributed by atoms with Crippen LogP contribution in [0.4, 0.5) is 0 Å². The van der Waals surface area contributed by atoms with Crippen LogP contribution in [0.1, 0.15) is 18.1 Å². The fraction of sp³-hybridized carbons (Fsp3) is 0.562. The Balaban J connectivity index is 1.69. The van der Waals surface area contributed by atoms with Crippen molar-refractivity contribution in [1.29, 1.82) is 0 Å². The zero-order valence-electron chi connectivity index (χ0n) is 12.5. The van der Waals surface area contributed by atoms with E-state index in [0.717, 1.165) is 18.8 Å². The highest BCUT2D eigenvalue weighted by atomic mass is 16.5. The molecule has 0 bridgehead atoms. The summed E-state index contributed by atoms with van der Waals surface area (Å²) in [5, 5.41) is 6.13. The van der Waals surface area contributed by atoms with Crippen LogP contribution in [0.25, 0.3) is 0 Å². The highest BCUT2D eigenvalue weighted by Crippen LogP contribution is 2.16. The van der Waals surface area contributed by atoms with Crippen molar-refractivity contribution >= 4 is 5.91 Å². The lowest BCUT2D eigenvalue weighted by Crippen LogP contribution is -2.49. The first kappa shape index (κ1) is 14.9. The quantitative estimate of drug-likeness (QED) is 0.777. The SMILES string of the molecule is Cc1cc(C)cc(OCCNC(=O)C(C)C2CNC2)c1. The fourth-order valence-corrected chi connectivity index (χ4v) is 2.40. The van der Waals surface area contributed by atoms with Crippen LogP contribution >= 0.6 is 0 Å². The molecular weight excluding hydrogens is 252 g/mol. The van der Waals surface area contributed by atoms with E-state index in [4.69, 9.17) is 4.74 Å². The lowest BCUT2D eigenvalue weighted by Gasteiger charge is -2.31. The molecule has 0 radical (unpaired) electrons. The number of benzene rings is 1. The first-order valence-electron chi connectivity index (χ1n) is 7.26. The average molecular weight is 276 g/mol. The van der Waals surface area contributed by atoms with Gasteiger partial charge in [0.05, 0.1) is 6.54 Å². The van der Waals surface area contributed by atoms with E-state index in [9.17, 15) is 4.79 Å². The summed E-state index contributed by atoms with van der Waals surface area (Å²) < 4.78 is 5.67. The average Bonchev–Trinajstić information content (AvgIpc) is 2.31. The smallest absolute Gasteiger partial charge is 0.223 e. The van der Waals surface area contributed by atoms with Crippen LogP contribution in [-0.4, -0.2) is 32.1 Å². The standard InChI is InChI=1S/C16H24N2O2/c1-11-6-12(2)8-15(7-11)20-5-4-18-16(19)13(3)14-9-17-10-14/h6-8,13-14,17H,4-5,9-10H2,1-3H3,(H,18,19).